The number of benzene rings is 3. The fraction of sp³-hybridized carbons (Fsp3) is 0.368. The second-order valence-corrected chi connectivity index (χ2v) is 11.0. The lowest BCUT2D eigenvalue weighted by molar-refractivity contribution is 0.401. The predicted octanol–water partition coefficient (Wildman–Crippen LogP) is 9.29. The third-order valence-corrected chi connectivity index (χ3v) is 7.90. The molecule has 0 radical (unpaired) electrons. The van der Waals surface area contributed by atoms with Crippen molar-refractivity contribution < 1.29 is 0 Å². The molecule has 0 spiro atoms. The van der Waals surface area contributed by atoms with E-state index in [1.807, 2.05) is 27.7 Å². The zero-order chi connectivity index (χ0) is 28.8. The summed E-state index contributed by atoms with van der Waals surface area (Å²) in [6.45, 7) is 14.6. The highest BCUT2D eigenvalue weighted by Crippen LogP contribution is 2.44. The van der Waals surface area contributed by atoms with E-state index >= 15 is 0 Å². The first-order chi connectivity index (χ1) is 19.5. The van der Waals surface area contributed by atoms with Crippen molar-refractivity contribution >= 4 is 11.3 Å². The molecule has 0 unspecified atom stereocenters. The van der Waals surface area contributed by atoms with Gasteiger partial charge in [-0.15, -0.1) is 0 Å². The molecular weight excluding hydrogens is 484 g/mol. The van der Waals surface area contributed by atoms with Crippen molar-refractivity contribution in [3.8, 4) is 0 Å². The van der Waals surface area contributed by atoms with Crippen molar-refractivity contribution in [1.82, 2.24) is 4.90 Å². The van der Waals surface area contributed by atoms with Crippen LogP contribution in [-0.2, 0) is 12.8 Å². The van der Waals surface area contributed by atoms with Gasteiger partial charge in [0.25, 0.3) is 0 Å². The van der Waals surface area contributed by atoms with Crippen LogP contribution in [0.3, 0.4) is 0 Å². The van der Waals surface area contributed by atoms with Crippen LogP contribution in [0.4, 0.5) is 5.69 Å². The SMILES string of the molecule is CC.CC.Cc1ccc2c(c1)Cc1cc(C)ccc1C2=C1C=C2Cc3ccccc3N(CCCN(C)C)C2=CC1. The summed E-state index contributed by atoms with van der Waals surface area (Å²) >= 11 is 0. The first-order valence-corrected chi connectivity index (χ1v) is 15.3. The average molecular weight is 533 g/mol. The molecule has 0 atom stereocenters. The van der Waals surface area contributed by atoms with Crippen molar-refractivity contribution in [2.75, 3.05) is 32.1 Å². The minimum atomic E-state index is 0.973. The van der Waals surface area contributed by atoms with Crippen LogP contribution >= 0.6 is 0 Å². The number of fused-ring (bicyclic) bond motifs is 4. The number of hydrogen-bond donors (Lipinski definition) is 0. The Hall–Kier alpha value is -3.36. The molecule has 3 aliphatic rings. The summed E-state index contributed by atoms with van der Waals surface area (Å²) in [4.78, 5) is 4.86. The zero-order valence-corrected chi connectivity index (χ0v) is 26.1. The lowest BCUT2D eigenvalue weighted by atomic mass is 9.77. The van der Waals surface area contributed by atoms with Crippen LogP contribution in [0.25, 0.3) is 5.57 Å². The molecule has 2 nitrogen and oxygen atoms in total. The number of allylic oxidation sites excluding steroid dienone is 4. The maximum absolute atomic E-state index is 2.57. The van der Waals surface area contributed by atoms with Crippen molar-refractivity contribution in [3.63, 3.8) is 0 Å². The third-order valence-electron chi connectivity index (χ3n) is 7.90. The molecule has 1 heterocycles. The zero-order valence-electron chi connectivity index (χ0n) is 26.1. The minimum Gasteiger partial charge on any atom is -0.341 e. The van der Waals surface area contributed by atoms with E-state index in [9.17, 15) is 0 Å². The molecule has 0 saturated carbocycles. The summed E-state index contributed by atoms with van der Waals surface area (Å²) in [7, 11) is 4.33. The summed E-state index contributed by atoms with van der Waals surface area (Å²) in [6.07, 6.45) is 9.18. The Kier molecular flexibility index (Phi) is 9.87. The second-order valence-electron chi connectivity index (χ2n) is 11.0. The van der Waals surface area contributed by atoms with Crippen molar-refractivity contribution in [3.05, 3.63) is 129 Å². The molecule has 0 bridgehead atoms. The second kappa shape index (κ2) is 13.3. The van der Waals surface area contributed by atoms with Gasteiger partial charge in [-0.25, -0.2) is 0 Å². The van der Waals surface area contributed by atoms with Crippen molar-refractivity contribution in [2.24, 2.45) is 0 Å². The van der Waals surface area contributed by atoms with E-state index in [2.05, 4.69) is 111 Å². The van der Waals surface area contributed by atoms with Gasteiger partial charge in [0.1, 0.15) is 0 Å². The minimum absolute atomic E-state index is 0.973. The van der Waals surface area contributed by atoms with Crippen LogP contribution in [0.15, 0.2) is 89.7 Å². The van der Waals surface area contributed by atoms with Crippen LogP contribution in [0, 0.1) is 13.8 Å². The topological polar surface area (TPSA) is 6.48 Å². The third kappa shape index (κ3) is 6.03. The number of para-hydroxylation sites is 1. The first-order valence-electron chi connectivity index (χ1n) is 15.3. The average Bonchev–Trinajstić information content (AvgIpc) is 2.97. The highest BCUT2D eigenvalue weighted by molar-refractivity contribution is 5.90. The highest BCUT2D eigenvalue weighted by atomic mass is 15.2. The molecule has 0 N–H and O–H groups in total. The van der Waals surface area contributed by atoms with Gasteiger partial charge in [0.15, 0.2) is 0 Å². The lowest BCUT2D eigenvalue weighted by Gasteiger charge is -2.38. The maximum atomic E-state index is 2.57. The van der Waals surface area contributed by atoms with Crippen molar-refractivity contribution in [2.45, 2.75) is 67.2 Å². The first kappa shape index (κ1) is 29.6. The van der Waals surface area contributed by atoms with Crippen molar-refractivity contribution in [1.29, 1.82) is 0 Å². The fourth-order valence-electron chi connectivity index (χ4n) is 6.25. The quantitative estimate of drug-likeness (QED) is 0.258. The van der Waals surface area contributed by atoms with E-state index in [0.29, 0.717) is 0 Å². The van der Waals surface area contributed by atoms with Crippen LogP contribution in [-0.4, -0.2) is 32.1 Å². The van der Waals surface area contributed by atoms with Crippen LogP contribution in [0.5, 0.6) is 0 Å². The van der Waals surface area contributed by atoms with E-state index in [-0.39, 0.29) is 0 Å². The van der Waals surface area contributed by atoms with E-state index in [1.165, 1.54) is 67.0 Å². The van der Waals surface area contributed by atoms with Crippen LogP contribution in [0.1, 0.15) is 79.5 Å². The van der Waals surface area contributed by atoms with Gasteiger partial charge < -0.3 is 9.80 Å². The van der Waals surface area contributed by atoms with Gasteiger partial charge in [0.2, 0.25) is 0 Å². The molecule has 40 heavy (non-hydrogen) atoms. The van der Waals surface area contributed by atoms with E-state index in [1.54, 1.807) is 0 Å². The molecule has 210 valence electrons. The summed E-state index contributed by atoms with van der Waals surface area (Å²) in [5, 5.41) is 0. The Morgan fingerprint density at radius 2 is 1.38 bits per heavy atom. The lowest BCUT2D eigenvalue weighted by Crippen LogP contribution is -2.32. The monoisotopic (exact) mass is 532 g/mol. The van der Waals surface area contributed by atoms with E-state index < -0.39 is 0 Å². The Labute approximate surface area is 243 Å². The Morgan fingerprint density at radius 3 is 2.00 bits per heavy atom. The molecule has 0 fully saturated rings. The molecule has 0 saturated heterocycles. The summed E-state index contributed by atoms with van der Waals surface area (Å²) < 4.78 is 0. The number of hydrogen-bond acceptors (Lipinski definition) is 2. The normalized spacial score (nSPS) is 14.9. The van der Waals surface area contributed by atoms with Gasteiger partial charge >= 0.3 is 0 Å². The standard InChI is InChI=1S/C34H36N2.2C2H6/c1-23-10-13-30-27(18-23)22-28-19-24(2)11-14-31(28)34(30)26-12-15-33-29(21-26)20-25-8-5-6-9-32(25)36(33)17-7-16-35(3)4;2*1-2/h5-6,8-11,13-15,18-19,21H,7,12,16-17,20,22H2,1-4H3;2*1-2H3. The van der Waals surface area contributed by atoms with Gasteiger partial charge in [0.05, 0.1) is 0 Å². The van der Waals surface area contributed by atoms with Gasteiger partial charge in [-0.2, -0.15) is 0 Å². The van der Waals surface area contributed by atoms with Gasteiger partial charge in [0, 0.05) is 24.4 Å². The summed E-state index contributed by atoms with van der Waals surface area (Å²) in [6, 6.07) is 23.0. The number of rotatable bonds is 4. The molecule has 6 rings (SSSR count). The molecule has 0 aromatic heterocycles. The molecule has 3 aromatic rings. The van der Waals surface area contributed by atoms with E-state index in [4.69, 9.17) is 0 Å². The Bertz CT molecular complexity index is 1380. The molecule has 0 amide bonds. The molecule has 2 aliphatic carbocycles. The Balaban J connectivity index is 0.000000886. The molecule has 1 aliphatic heterocycles. The highest BCUT2D eigenvalue weighted by Gasteiger charge is 2.29. The summed E-state index contributed by atoms with van der Waals surface area (Å²) in [5.74, 6) is 0. The number of nitrogens with zero attached hydrogens (tertiary/aromatic N) is 2. The van der Waals surface area contributed by atoms with Gasteiger partial charge in [-0.05, 0) is 104 Å². The molecular formula is C38H48N2. The number of anilines is 1. The number of aryl methyl sites for hydroxylation is 2. The van der Waals surface area contributed by atoms with Crippen LogP contribution < -0.4 is 4.90 Å². The Morgan fingerprint density at radius 1 is 0.750 bits per heavy atom. The summed E-state index contributed by atoms with van der Waals surface area (Å²) in [5.41, 5.74) is 17.0. The molecule has 3 aromatic carbocycles. The van der Waals surface area contributed by atoms with Gasteiger partial charge in [-0.3, -0.25) is 0 Å². The van der Waals surface area contributed by atoms with Crippen LogP contribution in [0.2, 0.25) is 0 Å². The fourth-order valence-corrected chi connectivity index (χ4v) is 6.25. The smallest absolute Gasteiger partial charge is 0.0446 e. The maximum Gasteiger partial charge on any atom is 0.0446 e. The molecule has 2 heteroatoms. The van der Waals surface area contributed by atoms with E-state index in [0.717, 1.165) is 38.8 Å². The largest absolute Gasteiger partial charge is 0.341 e. The predicted molar refractivity (Wildman–Crippen MR) is 175 cm³/mol. The van der Waals surface area contributed by atoms with Gasteiger partial charge in [-0.1, -0.05) is 106 Å².